The van der Waals surface area contributed by atoms with Crippen LogP contribution < -0.4 is 4.74 Å². The number of ether oxygens (including phenoxy) is 1. The number of hydrogen-bond acceptors (Lipinski definition) is 3. The van der Waals surface area contributed by atoms with Crippen LogP contribution in [-0.2, 0) is 0 Å². The molecule has 2 aliphatic heterocycles. The lowest BCUT2D eigenvalue weighted by molar-refractivity contribution is 0.404. The maximum atomic E-state index is 5.31. The van der Waals surface area contributed by atoms with E-state index in [0.717, 1.165) is 10.2 Å². The van der Waals surface area contributed by atoms with Crippen LogP contribution in [0.15, 0.2) is 88.3 Å². The highest BCUT2D eigenvalue weighted by molar-refractivity contribution is 9.10. The zero-order chi connectivity index (χ0) is 18.4. The van der Waals surface area contributed by atoms with Gasteiger partial charge in [0.1, 0.15) is 11.9 Å². The maximum Gasteiger partial charge on any atom is 0.129 e. The van der Waals surface area contributed by atoms with Crippen molar-refractivity contribution in [2.24, 2.45) is 4.99 Å². The minimum atomic E-state index is 0.0606. The molecule has 2 aliphatic rings. The van der Waals surface area contributed by atoms with Gasteiger partial charge in [-0.3, -0.25) is 9.89 Å². The van der Waals surface area contributed by atoms with Gasteiger partial charge in [-0.1, -0.05) is 58.4 Å². The minimum absolute atomic E-state index is 0.0606. The van der Waals surface area contributed by atoms with Crippen molar-refractivity contribution in [1.29, 1.82) is 0 Å². The molecular formula is C23H19BrN2O. The van der Waals surface area contributed by atoms with E-state index in [1.807, 2.05) is 12.1 Å². The Balaban J connectivity index is 1.54. The van der Waals surface area contributed by atoms with Crippen LogP contribution in [0.1, 0.15) is 28.9 Å². The highest BCUT2D eigenvalue weighted by atomic mass is 79.9. The number of fused-ring (bicyclic) bond motifs is 1. The van der Waals surface area contributed by atoms with Gasteiger partial charge >= 0.3 is 0 Å². The topological polar surface area (TPSA) is 24.6 Å². The molecule has 5 rings (SSSR count). The van der Waals surface area contributed by atoms with E-state index in [2.05, 4.69) is 87.6 Å². The van der Waals surface area contributed by atoms with Crippen molar-refractivity contribution < 1.29 is 4.74 Å². The summed E-state index contributed by atoms with van der Waals surface area (Å²) in [6.45, 7) is 0. The Bertz CT molecular complexity index is 983. The van der Waals surface area contributed by atoms with E-state index in [1.54, 1.807) is 7.11 Å². The van der Waals surface area contributed by atoms with Crippen molar-refractivity contribution in [3.8, 4) is 5.75 Å². The molecule has 0 saturated carbocycles. The van der Waals surface area contributed by atoms with Gasteiger partial charge in [0, 0.05) is 4.47 Å². The van der Waals surface area contributed by atoms with Crippen LogP contribution in [0.4, 0.5) is 0 Å². The predicted molar refractivity (Wildman–Crippen MR) is 111 cm³/mol. The summed E-state index contributed by atoms with van der Waals surface area (Å²) >= 11 is 3.53. The van der Waals surface area contributed by atoms with E-state index in [9.17, 15) is 0 Å². The van der Waals surface area contributed by atoms with Gasteiger partial charge in [-0.15, -0.1) is 0 Å². The van der Waals surface area contributed by atoms with Gasteiger partial charge < -0.3 is 4.74 Å². The average molecular weight is 419 g/mol. The van der Waals surface area contributed by atoms with E-state index >= 15 is 0 Å². The Morgan fingerprint density at radius 1 is 0.815 bits per heavy atom. The van der Waals surface area contributed by atoms with Crippen LogP contribution >= 0.6 is 15.9 Å². The molecule has 1 fully saturated rings. The third-order valence-corrected chi connectivity index (χ3v) is 5.90. The zero-order valence-electron chi connectivity index (χ0n) is 14.9. The van der Waals surface area contributed by atoms with Crippen LogP contribution in [0.3, 0.4) is 0 Å². The second-order valence-electron chi connectivity index (χ2n) is 6.92. The van der Waals surface area contributed by atoms with Crippen molar-refractivity contribution in [1.82, 2.24) is 4.90 Å². The van der Waals surface area contributed by atoms with E-state index < -0.39 is 0 Å². The first-order chi connectivity index (χ1) is 13.3. The van der Waals surface area contributed by atoms with Crippen molar-refractivity contribution >= 4 is 21.6 Å². The highest BCUT2D eigenvalue weighted by Gasteiger charge is 2.59. The normalized spacial score (nSPS) is 25.6. The fraction of sp³-hybridized carbons (Fsp3) is 0.174. The second-order valence-corrected chi connectivity index (χ2v) is 7.83. The molecule has 3 aromatic rings. The monoisotopic (exact) mass is 418 g/mol. The number of methoxy groups -OCH3 is 1. The fourth-order valence-electron chi connectivity index (χ4n) is 4.01. The SMILES string of the molecule is COc1ccc(C2=N[C@H](c3ccc(Br)cc3)N3[C@H](c4ccccc4)[C@H]23)cc1. The molecule has 134 valence electrons. The number of aliphatic imine (C=N–C) groups is 1. The summed E-state index contributed by atoms with van der Waals surface area (Å²) in [7, 11) is 1.69. The Labute approximate surface area is 167 Å². The molecule has 3 nitrogen and oxygen atoms in total. The van der Waals surface area contributed by atoms with E-state index in [-0.39, 0.29) is 6.17 Å². The third kappa shape index (κ3) is 2.89. The molecule has 1 saturated heterocycles. The number of rotatable bonds is 4. The minimum Gasteiger partial charge on any atom is -0.497 e. The summed E-state index contributed by atoms with van der Waals surface area (Å²) < 4.78 is 6.39. The van der Waals surface area contributed by atoms with E-state index in [0.29, 0.717) is 12.1 Å². The van der Waals surface area contributed by atoms with Crippen LogP contribution in [0.25, 0.3) is 0 Å². The van der Waals surface area contributed by atoms with Crippen LogP contribution in [0, 0.1) is 0 Å². The molecule has 0 spiro atoms. The molecule has 0 amide bonds. The van der Waals surface area contributed by atoms with Crippen LogP contribution in [0.5, 0.6) is 5.75 Å². The van der Waals surface area contributed by atoms with Crippen molar-refractivity contribution in [2.75, 3.05) is 7.11 Å². The molecule has 3 aromatic carbocycles. The van der Waals surface area contributed by atoms with Crippen molar-refractivity contribution in [3.63, 3.8) is 0 Å². The number of nitrogens with zero attached hydrogens (tertiary/aromatic N) is 2. The fourth-order valence-corrected chi connectivity index (χ4v) is 4.28. The Hall–Kier alpha value is -2.43. The zero-order valence-corrected chi connectivity index (χ0v) is 16.5. The molecule has 2 heterocycles. The molecule has 27 heavy (non-hydrogen) atoms. The third-order valence-electron chi connectivity index (χ3n) is 5.37. The quantitative estimate of drug-likeness (QED) is 0.530. The van der Waals surface area contributed by atoms with Gasteiger partial charge in [-0.2, -0.15) is 0 Å². The van der Waals surface area contributed by atoms with Gasteiger partial charge in [0.05, 0.1) is 24.9 Å². The van der Waals surface area contributed by atoms with Gasteiger partial charge in [0.25, 0.3) is 0 Å². The standard InChI is InChI=1S/C23H19BrN2O/c1-27-19-13-9-15(10-14-19)20-22-21(16-5-3-2-4-6-16)26(22)23(25-20)17-7-11-18(24)12-8-17/h2-14,21-23H,1H3/t21-,22+,23+,26?/m1/s1. The molecule has 1 unspecified atom stereocenters. The molecule has 0 N–H and O–H groups in total. The van der Waals surface area contributed by atoms with Crippen LogP contribution in [-0.4, -0.2) is 23.8 Å². The Morgan fingerprint density at radius 2 is 1.52 bits per heavy atom. The van der Waals surface area contributed by atoms with E-state index in [1.165, 1.54) is 22.4 Å². The summed E-state index contributed by atoms with van der Waals surface area (Å²) in [5.74, 6) is 0.870. The summed E-state index contributed by atoms with van der Waals surface area (Å²) in [6.07, 6.45) is 0.0606. The van der Waals surface area contributed by atoms with Crippen LogP contribution in [0.2, 0.25) is 0 Å². The Kier molecular flexibility index (Phi) is 4.10. The molecule has 4 heteroatoms. The van der Waals surface area contributed by atoms with Gasteiger partial charge in [0.2, 0.25) is 0 Å². The molecule has 0 radical (unpaired) electrons. The first-order valence-electron chi connectivity index (χ1n) is 9.06. The lowest BCUT2D eigenvalue weighted by Crippen LogP contribution is -2.08. The highest BCUT2D eigenvalue weighted by Crippen LogP contribution is 2.55. The molecule has 0 aliphatic carbocycles. The van der Waals surface area contributed by atoms with E-state index in [4.69, 9.17) is 9.73 Å². The Morgan fingerprint density at radius 3 is 2.19 bits per heavy atom. The summed E-state index contributed by atoms with van der Waals surface area (Å²) in [5.41, 5.74) is 4.92. The first-order valence-corrected chi connectivity index (χ1v) is 9.85. The van der Waals surface area contributed by atoms with Gasteiger partial charge in [0.15, 0.2) is 0 Å². The molecule has 0 aromatic heterocycles. The van der Waals surface area contributed by atoms with Gasteiger partial charge in [-0.25, -0.2) is 0 Å². The first kappa shape index (κ1) is 16.7. The van der Waals surface area contributed by atoms with Crippen molar-refractivity contribution in [2.45, 2.75) is 18.2 Å². The summed E-state index contributed by atoms with van der Waals surface area (Å²) in [6, 6.07) is 28.2. The molecule has 4 atom stereocenters. The lowest BCUT2D eigenvalue weighted by Gasteiger charge is -2.14. The van der Waals surface area contributed by atoms with Gasteiger partial charge in [-0.05, 0) is 53.1 Å². The largest absolute Gasteiger partial charge is 0.497 e. The average Bonchev–Trinajstić information content (AvgIpc) is 3.34. The summed E-state index contributed by atoms with van der Waals surface area (Å²) in [4.78, 5) is 7.60. The predicted octanol–water partition coefficient (Wildman–Crippen LogP) is 5.38. The molecule has 0 bridgehead atoms. The number of hydrogen-bond donors (Lipinski definition) is 0. The van der Waals surface area contributed by atoms with Crippen molar-refractivity contribution in [3.05, 3.63) is 100 Å². The molecular weight excluding hydrogens is 400 g/mol. The second kappa shape index (κ2) is 6.63. The number of halogens is 1. The smallest absolute Gasteiger partial charge is 0.129 e. The number of benzene rings is 3. The lowest BCUT2D eigenvalue weighted by atomic mass is 10.0. The maximum absolute atomic E-state index is 5.31. The summed E-state index contributed by atoms with van der Waals surface area (Å²) in [5, 5.41) is 0.